The van der Waals surface area contributed by atoms with Gasteiger partial charge in [-0.2, -0.15) is 0 Å². The number of amides is 2. The van der Waals surface area contributed by atoms with Crippen LogP contribution in [0.25, 0.3) is 0 Å². The lowest BCUT2D eigenvalue weighted by molar-refractivity contribution is -0.115. The van der Waals surface area contributed by atoms with E-state index in [1.807, 2.05) is 38.1 Å². The molecule has 0 saturated carbocycles. The second kappa shape index (κ2) is 8.73. The summed E-state index contributed by atoms with van der Waals surface area (Å²) in [7, 11) is 0. The summed E-state index contributed by atoms with van der Waals surface area (Å²) in [6.07, 6.45) is 0.0493. The van der Waals surface area contributed by atoms with E-state index < -0.39 is 0 Å². The van der Waals surface area contributed by atoms with Gasteiger partial charge in [-0.15, -0.1) is 0 Å². The highest BCUT2D eigenvalue weighted by Gasteiger charge is 2.08. The Hall–Kier alpha value is -3.02. The summed E-state index contributed by atoms with van der Waals surface area (Å²) in [5.74, 6) is 0.351. The Kier molecular flexibility index (Phi) is 6.39. The molecule has 0 spiro atoms. The van der Waals surface area contributed by atoms with Gasteiger partial charge in [0, 0.05) is 18.3 Å². The maximum absolute atomic E-state index is 12.2. The van der Waals surface area contributed by atoms with Crippen molar-refractivity contribution in [2.75, 3.05) is 22.5 Å². The van der Waals surface area contributed by atoms with Crippen LogP contribution in [-0.2, 0) is 9.59 Å². The molecule has 0 bridgehead atoms. The standard InChI is InChI=1S/C19H23N3O3/c1-13(2)25-18-10-5-4-9-17(18)20-12-19(24)22-16-8-6-7-15(11-16)21-14(3)23/h4-11,13,20H,12H2,1-3H3,(H,21,23)(H,22,24). The number of carbonyl (C=O) groups is 2. The van der Waals surface area contributed by atoms with Crippen molar-refractivity contribution in [1.29, 1.82) is 0 Å². The van der Waals surface area contributed by atoms with Crippen molar-refractivity contribution in [2.24, 2.45) is 0 Å². The zero-order valence-corrected chi connectivity index (χ0v) is 14.6. The van der Waals surface area contributed by atoms with E-state index in [9.17, 15) is 9.59 Å². The first-order valence-corrected chi connectivity index (χ1v) is 8.11. The molecule has 0 unspecified atom stereocenters. The number of rotatable bonds is 7. The molecule has 25 heavy (non-hydrogen) atoms. The largest absolute Gasteiger partial charge is 0.489 e. The summed E-state index contributed by atoms with van der Waals surface area (Å²) >= 11 is 0. The Bertz CT molecular complexity index is 744. The van der Waals surface area contributed by atoms with Gasteiger partial charge in [-0.25, -0.2) is 0 Å². The van der Waals surface area contributed by atoms with Gasteiger partial charge in [0.2, 0.25) is 11.8 Å². The number of anilines is 3. The number of carbonyl (C=O) groups excluding carboxylic acids is 2. The fourth-order valence-corrected chi connectivity index (χ4v) is 2.23. The highest BCUT2D eigenvalue weighted by atomic mass is 16.5. The van der Waals surface area contributed by atoms with Crippen LogP contribution >= 0.6 is 0 Å². The zero-order valence-electron chi connectivity index (χ0n) is 14.6. The van der Waals surface area contributed by atoms with Gasteiger partial charge in [-0.1, -0.05) is 18.2 Å². The quantitative estimate of drug-likeness (QED) is 0.720. The third kappa shape index (κ3) is 6.18. The predicted molar refractivity (Wildman–Crippen MR) is 100 cm³/mol. The first-order valence-electron chi connectivity index (χ1n) is 8.11. The van der Waals surface area contributed by atoms with Crippen molar-refractivity contribution in [2.45, 2.75) is 26.9 Å². The molecule has 0 saturated heterocycles. The fraction of sp³-hybridized carbons (Fsp3) is 0.263. The molecule has 0 aliphatic carbocycles. The van der Waals surface area contributed by atoms with Gasteiger partial charge in [0.1, 0.15) is 5.75 Å². The lowest BCUT2D eigenvalue weighted by Crippen LogP contribution is -2.22. The molecule has 0 heterocycles. The van der Waals surface area contributed by atoms with E-state index in [0.717, 1.165) is 5.69 Å². The molecule has 3 N–H and O–H groups in total. The molecule has 0 aliphatic rings. The molecular formula is C19H23N3O3. The lowest BCUT2D eigenvalue weighted by atomic mass is 10.2. The van der Waals surface area contributed by atoms with Crippen molar-refractivity contribution in [1.82, 2.24) is 0 Å². The number of hydrogen-bond donors (Lipinski definition) is 3. The van der Waals surface area contributed by atoms with E-state index in [-0.39, 0.29) is 24.5 Å². The van der Waals surface area contributed by atoms with E-state index in [1.165, 1.54) is 6.92 Å². The molecule has 2 aromatic rings. The molecule has 2 aromatic carbocycles. The van der Waals surface area contributed by atoms with Crippen LogP contribution in [0.2, 0.25) is 0 Å². The predicted octanol–water partition coefficient (Wildman–Crippen LogP) is 3.48. The second-order valence-corrected chi connectivity index (χ2v) is 5.83. The van der Waals surface area contributed by atoms with Crippen LogP contribution in [0, 0.1) is 0 Å². The zero-order chi connectivity index (χ0) is 18.2. The molecule has 0 radical (unpaired) electrons. The minimum Gasteiger partial charge on any atom is -0.489 e. The van der Waals surface area contributed by atoms with E-state index in [0.29, 0.717) is 17.1 Å². The van der Waals surface area contributed by atoms with Crippen molar-refractivity contribution in [3.63, 3.8) is 0 Å². The summed E-state index contributed by atoms with van der Waals surface area (Å²) in [4.78, 5) is 23.2. The highest BCUT2D eigenvalue weighted by Crippen LogP contribution is 2.24. The SMILES string of the molecule is CC(=O)Nc1cccc(NC(=O)CNc2ccccc2OC(C)C)c1. The van der Waals surface area contributed by atoms with E-state index in [2.05, 4.69) is 16.0 Å². The number of para-hydroxylation sites is 2. The molecule has 0 aromatic heterocycles. The van der Waals surface area contributed by atoms with E-state index in [1.54, 1.807) is 24.3 Å². The van der Waals surface area contributed by atoms with Crippen molar-refractivity contribution >= 4 is 28.9 Å². The first kappa shape index (κ1) is 18.3. The highest BCUT2D eigenvalue weighted by molar-refractivity contribution is 5.95. The summed E-state index contributed by atoms with van der Waals surface area (Å²) in [6, 6.07) is 14.5. The Labute approximate surface area is 147 Å². The van der Waals surface area contributed by atoms with Crippen molar-refractivity contribution < 1.29 is 14.3 Å². The number of ether oxygens (including phenoxy) is 1. The Balaban J connectivity index is 1.94. The topological polar surface area (TPSA) is 79.5 Å². The summed E-state index contributed by atoms with van der Waals surface area (Å²) in [5.41, 5.74) is 2.01. The molecular weight excluding hydrogens is 318 g/mol. The van der Waals surface area contributed by atoms with Crippen molar-refractivity contribution in [3.05, 3.63) is 48.5 Å². The monoisotopic (exact) mass is 341 g/mol. The minimum atomic E-state index is -0.195. The average molecular weight is 341 g/mol. The fourth-order valence-electron chi connectivity index (χ4n) is 2.23. The summed E-state index contributed by atoms with van der Waals surface area (Å²) in [6.45, 7) is 5.44. The van der Waals surface area contributed by atoms with Crippen LogP contribution in [0.15, 0.2) is 48.5 Å². The third-order valence-electron chi connectivity index (χ3n) is 3.16. The van der Waals surface area contributed by atoms with Gasteiger partial charge in [0.05, 0.1) is 18.3 Å². The van der Waals surface area contributed by atoms with Crippen molar-refractivity contribution in [3.8, 4) is 5.75 Å². The van der Waals surface area contributed by atoms with Gasteiger partial charge in [-0.05, 0) is 44.2 Å². The van der Waals surface area contributed by atoms with Crippen LogP contribution in [0.3, 0.4) is 0 Å². The number of benzene rings is 2. The van der Waals surface area contributed by atoms with Crippen LogP contribution in [0.1, 0.15) is 20.8 Å². The number of nitrogens with one attached hydrogen (secondary N) is 3. The van der Waals surface area contributed by atoms with Gasteiger partial charge >= 0.3 is 0 Å². The van der Waals surface area contributed by atoms with Gasteiger partial charge in [0.25, 0.3) is 0 Å². The molecule has 2 amide bonds. The average Bonchev–Trinajstić information content (AvgIpc) is 2.53. The molecule has 0 aliphatic heterocycles. The maximum atomic E-state index is 12.2. The number of hydrogen-bond acceptors (Lipinski definition) is 4. The van der Waals surface area contributed by atoms with E-state index >= 15 is 0 Å². The van der Waals surface area contributed by atoms with Gasteiger partial charge < -0.3 is 20.7 Å². The Morgan fingerprint density at radius 3 is 2.36 bits per heavy atom. The van der Waals surface area contributed by atoms with Gasteiger partial charge in [-0.3, -0.25) is 9.59 Å². The molecule has 6 nitrogen and oxygen atoms in total. The lowest BCUT2D eigenvalue weighted by Gasteiger charge is -2.15. The van der Waals surface area contributed by atoms with Gasteiger partial charge in [0.15, 0.2) is 0 Å². The Morgan fingerprint density at radius 2 is 1.68 bits per heavy atom. The Morgan fingerprint density at radius 1 is 1.00 bits per heavy atom. The molecule has 6 heteroatoms. The van der Waals surface area contributed by atoms with Crippen LogP contribution in [0.4, 0.5) is 17.1 Å². The summed E-state index contributed by atoms with van der Waals surface area (Å²) < 4.78 is 5.71. The second-order valence-electron chi connectivity index (χ2n) is 5.83. The normalized spacial score (nSPS) is 10.2. The molecule has 0 atom stereocenters. The van der Waals surface area contributed by atoms with Crippen LogP contribution in [0.5, 0.6) is 5.75 Å². The first-order chi connectivity index (χ1) is 11.9. The third-order valence-corrected chi connectivity index (χ3v) is 3.16. The molecule has 2 rings (SSSR count). The smallest absolute Gasteiger partial charge is 0.243 e. The molecule has 0 fully saturated rings. The van der Waals surface area contributed by atoms with Crippen LogP contribution in [-0.4, -0.2) is 24.5 Å². The van der Waals surface area contributed by atoms with E-state index in [4.69, 9.17) is 4.74 Å². The molecule has 132 valence electrons. The summed E-state index contributed by atoms with van der Waals surface area (Å²) in [5, 5.41) is 8.55. The maximum Gasteiger partial charge on any atom is 0.243 e. The van der Waals surface area contributed by atoms with Crippen LogP contribution < -0.4 is 20.7 Å². The minimum absolute atomic E-state index is 0.0493.